The largest absolute Gasteiger partial charge is 0.491 e. The first kappa shape index (κ1) is 18.1. The second-order valence-electron chi connectivity index (χ2n) is 5.81. The Bertz CT molecular complexity index is 750. The highest BCUT2D eigenvalue weighted by Crippen LogP contribution is 2.36. The van der Waals surface area contributed by atoms with Crippen molar-refractivity contribution in [2.45, 2.75) is 6.10 Å². The molecule has 2 aromatic rings. The number of hydrogen-bond acceptors (Lipinski definition) is 4. The van der Waals surface area contributed by atoms with Gasteiger partial charge in [0, 0.05) is 23.7 Å². The molecule has 0 bridgehead atoms. The standard InChI is InChI=1S/C19H19Cl2NO3/c20-15-7-14-6-13(11-25-19(14)18(21)8-15)9-22-10-16(23)12-24-17-4-2-1-3-5-17/h1-8,16,22-23H,9-12H2. The Morgan fingerprint density at radius 3 is 2.80 bits per heavy atom. The van der Waals surface area contributed by atoms with Crippen molar-refractivity contribution < 1.29 is 14.6 Å². The van der Waals surface area contributed by atoms with Gasteiger partial charge in [0.25, 0.3) is 0 Å². The monoisotopic (exact) mass is 379 g/mol. The topological polar surface area (TPSA) is 50.7 Å². The summed E-state index contributed by atoms with van der Waals surface area (Å²) in [6.07, 6.45) is 1.41. The van der Waals surface area contributed by atoms with Crippen molar-refractivity contribution in [1.82, 2.24) is 5.32 Å². The van der Waals surface area contributed by atoms with Gasteiger partial charge in [-0.2, -0.15) is 0 Å². The Morgan fingerprint density at radius 1 is 1.20 bits per heavy atom. The normalized spacial score (nSPS) is 14.3. The molecule has 0 radical (unpaired) electrons. The number of ether oxygens (including phenoxy) is 2. The zero-order valence-corrected chi connectivity index (χ0v) is 15.1. The summed E-state index contributed by atoms with van der Waals surface area (Å²) < 4.78 is 11.2. The lowest BCUT2D eigenvalue weighted by Gasteiger charge is -2.20. The van der Waals surface area contributed by atoms with Crippen molar-refractivity contribution in [3.8, 4) is 11.5 Å². The summed E-state index contributed by atoms with van der Waals surface area (Å²) in [6.45, 7) is 1.72. The van der Waals surface area contributed by atoms with Gasteiger partial charge in [-0.05, 0) is 35.9 Å². The third kappa shape index (κ3) is 5.13. The number of benzene rings is 2. The Kier molecular flexibility index (Phi) is 6.21. The van der Waals surface area contributed by atoms with Crippen LogP contribution in [0.2, 0.25) is 10.0 Å². The summed E-state index contributed by atoms with van der Waals surface area (Å²) >= 11 is 12.2. The van der Waals surface area contributed by atoms with Gasteiger partial charge in [-0.15, -0.1) is 0 Å². The molecule has 2 aromatic carbocycles. The van der Waals surface area contributed by atoms with Gasteiger partial charge in [0.2, 0.25) is 0 Å². The van der Waals surface area contributed by atoms with Crippen molar-refractivity contribution in [2.75, 3.05) is 26.3 Å². The molecule has 2 N–H and O–H groups in total. The molecule has 0 aromatic heterocycles. The van der Waals surface area contributed by atoms with E-state index >= 15 is 0 Å². The SMILES string of the molecule is OC(CNCC1=Cc2cc(Cl)cc(Cl)c2OC1)COc1ccccc1. The molecule has 1 unspecified atom stereocenters. The van der Waals surface area contributed by atoms with Crippen LogP contribution in [0.1, 0.15) is 5.56 Å². The van der Waals surface area contributed by atoms with Crippen molar-refractivity contribution in [3.63, 3.8) is 0 Å². The van der Waals surface area contributed by atoms with E-state index in [4.69, 9.17) is 32.7 Å². The number of aliphatic hydroxyl groups is 1. The predicted octanol–water partition coefficient (Wildman–Crippen LogP) is 3.80. The van der Waals surface area contributed by atoms with Crippen LogP contribution in [0.5, 0.6) is 11.5 Å². The predicted molar refractivity (Wildman–Crippen MR) is 101 cm³/mol. The van der Waals surface area contributed by atoms with E-state index in [0.717, 1.165) is 16.9 Å². The molecule has 4 nitrogen and oxygen atoms in total. The fraction of sp³-hybridized carbons (Fsp3) is 0.263. The first-order valence-corrected chi connectivity index (χ1v) is 8.75. The summed E-state index contributed by atoms with van der Waals surface area (Å²) in [5, 5.41) is 14.3. The number of aliphatic hydroxyl groups excluding tert-OH is 1. The summed E-state index contributed by atoms with van der Waals surface area (Å²) in [6, 6.07) is 12.9. The molecule has 0 spiro atoms. The van der Waals surface area contributed by atoms with Crippen LogP contribution in [0.25, 0.3) is 6.08 Å². The van der Waals surface area contributed by atoms with E-state index in [0.29, 0.717) is 35.5 Å². The average molecular weight is 380 g/mol. The lowest BCUT2D eigenvalue weighted by Crippen LogP contribution is -2.33. The molecule has 0 saturated carbocycles. The van der Waals surface area contributed by atoms with E-state index in [1.807, 2.05) is 42.5 Å². The van der Waals surface area contributed by atoms with Crippen LogP contribution in [-0.2, 0) is 0 Å². The number of nitrogens with one attached hydrogen (secondary N) is 1. The van der Waals surface area contributed by atoms with Gasteiger partial charge in [-0.1, -0.05) is 41.4 Å². The minimum atomic E-state index is -0.596. The number of halogens is 2. The molecule has 0 saturated heterocycles. The minimum Gasteiger partial charge on any atom is -0.491 e. The number of hydrogen-bond donors (Lipinski definition) is 2. The van der Waals surface area contributed by atoms with Gasteiger partial charge in [0.1, 0.15) is 30.8 Å². The quantitative estimate of drug-likeness (QED) is 0.767. The van der Waals surface area contributed by atoms with E-state index in [1.54, 1.807) is 6.07 Å². The van der Waals surface area contributed by atoms with Gasteiger partial charge >= 0.3 is 0 Å². The first-order chi connectivity index (χ1) is 12.1. The molecule has 1 atom stereocenters. The summed E-state index contributed by atoms with van der Waals surface area (Å²) in [7, 11) is 0. The molecule has 0 amide bonds. The lowest BCUT2D eigenvalue weighted by molar-refractivity contribution is 0.107. The van der Waals surface area contributed by atoms with Crippen molar-refractivity contribution in [1.29, 1.82) is 0 Å². The highest BCUT2D eigenvalue weighted by atomic mass is 35.5. The summed E-state index contributed by atoms with van der Waals surface area (Å²) in [4.78, 5) is 0. The van der Waals surface area contributed by atoms with Crippen molar-refractivity contribution in [2.24, 2.45) is 0 Å². The van der Waals surface area contributed by atoms with Crippen LogP contribution in [0.3, 0.4) is 0 Å². The summed E-state index contributed by atoms with van der Waals surface area (Å²) in [5.74, 6) is 1.40. The van der Waals surface area contributed by atoms with Gasteiger partial charge in [-0.3, -0.25) is 0 Å². The first-order valence-electron chi connectivity index (χ1n) is 8.00. The van der Waals surface area contributed by atoms with Crippen LogP contribution >= 0.6 is 23.2 Å². The minimum absolute atomic E-state index is 0.237. The van der Waals surface area contributed by atoms with Crippen LogP contribution in [0.15, 0.2) is 48.0 Å². The molecule has 3 rings (SSSR count). The fourth-order valence-corrected chi connectivity index (χ4v) is 3.10. The van der Waals surface area contributed by atoms with E-state index in [-0.39, 0.29) is 6.61 Å². The number of para-hydroxylation sites is 1. The number of fused-ring (bicyclic) bond motifs is 1. The Balaban J connectivity index is 1.46. The molecular weight excluding hydrogens is 361 g/mol. The third-order valence-corrected chi connectivity index (χ3v) is 4.22. The van der Waals surface area contributed by atoms with Crippen LogP contribution < -0.4 is 14.8 Å². The molecular formula is C19H19Cl2NO3. The van der Waals surface area contributed by atoms with E-state index in [9.17, 15) is 5.11 Å². The van der Waals surface area contributed by atoms with E-state index < -0.39 is 6.10 Å². The second-order valence-corrected chi connectivity index (χ2v) is 6.65. The summed E-state index contributed by atoms with van der Waals surface area (Å²) in [5.41, 5.74) is 1.93. The average Bonchev–Trinajstić information content (AvgIpc) is 2.60. The van der Waals surface area contributed by atoms with E-state index in [1.165, 1.54) is 0 Å². The highest BCUT2D eigenvalue weighted by Gasteiger charge is 2.16. The van der Waals surface area contributed by atoms with Gasteiger partial charge < -0.3 is 19.9 Å². The zero-order chi connectivity index (χ0) is 17.6. The van der Waals surface area contributed by atoms with Crippen molar-refractivity contribution in [3.05, 3.63) is 63.6 Å². The zero-order valence-electron chi connectivity index (χ0n) is 13.5. The molecule has 25 heavy (non-hydrogen) atoms. The molecule has 132 valence electrons. The van der Waals surface area contributed by atoms with Crippen LogP contribution in [0, 0.1) is 0 Å². The van der Waals surface area contributed by atoms with E-state index in [2.05, 4.69) is 5.32 Å². The molecule has 1 aliphatic heterocycles. The van der Waals surface area contributed by atoms with Gasteiger partial charge in [0.05, 0.1) is 5.02 Å². The maximum atomic E-state index is 10.00. The van der Waals surface area contributed by atoms with Crippen molar-refractivity contribution >= 4 is 29.3 Å². The molecule has 0 fully saturated rings. The third-order valence-electron chi connectivity index (χ3n) is 3.72. The molecule has 1 aliphatic rings. The van der Waals surface area contributed by atoms with Crippen LogP contribution in [-0.4, -0.2) is 37.5 Å². The fourth-order valence-electron chi connectivity index (χ4n) is 2.54. The Hall–Kier alpha value is -1.72. The smallest absolute Gasteiger partial charge is 0.145 e. The maximum Gasteiger partial charge on any atom is 0.145 e. The Morgan fingerprint density at radius 2 is 2.00 bits per heavy atom. The lowest BCUT2D eigenvalue weighted by atomic mass is 10.1. The Labute approximate surface area is 157 Å². The molecule has 0 aliphatic carbocycles. The maximum absolute atomic E-state index is 10.00. The molecule has 1 heterocycles. The van der Waals surface area contributed by atoms with Gasteiger partial charge in [0.15, 0.2) is 0 Å². The second kappa shape index (κ2) is 8.59. The van der Waals surface area contributed by atoms with Gasteiger partial charge in [-0.25, -0.2) is 0 Å². The highest BCUT2D eigenvalue weighted by molar-refractivity contribution is 6.36. The van der Waals surface area contributed by atoms with Crippen LogP contribution in [0.4, 0.5) is 0 Å². The number of rotatable bonds is 7. The molecule has 6 heteroatoms.